The van der Waals surface area contributed by atoms with E-state index in [0.717, 1.165) is 24.8 Å². The first kappa shape index (κ1) is 10.4. The second-order valence-electron chi connectivity index (χ2n) is 4.36. The third-order valence-corrected chi connectivity index (χ3v) is 3.35. The number of hydrogen-bond acceptors (Lipinski definition) is 2. The van der Waals surface area contributed by atoms with Crippen LogP contribution in [-0.2, 0) is 6.42 Å². The van der Waals surface area contributed by atoms with E-state index in [2.05, 4.69) is 6.92 Å². The molecule has 2 rings (SSSR count). The molecular weight excluding hydrogens is 186 g/mol. The highest BCUT2D eigenvalue weighted by molar-refractivity contribution is 6.02. The van der Waals surface area contributed by atoms with Crippen LogP contribution in [0, 0.1) is 5.41 Å². The molecule has 2 nitrogen and oxygen atoms in total. The van der Waals surface area contributed by atoms with Crippen molar-refractivity contribution >= 4 is 5.78 Å². The quantitative estimate of drug-likeness (QED) is 0.762. The van der Waals surface area contributed by atoms with E-state index in [9.17, 15) is 4.79 Å². The SMILES string of the molecule is CCc1ccc(C(=O)C2(CN)CC2)cc1. The highest BCUT2D eigenvalue weighted by Gasteiger charge is 2.48. The lowest BCUT2D eigenvalue weighted by atomic mass is 9.94. The number of carbonyl (C=O) groups excluding carboxylic acids is 1. The van der Waals surface area contributed by atoms with Gasteiger partial charge in [-0.15, -0.1) is 0 Å². The van der Waals surface area contributed by atoms with Crippen LogP contribution in [0.25, 0.3) is 0 Å². The minimum absolute atomic E-state index is 0.215. The highest BCUT2D eigenvalue weighted by Crippen LogP contribution is 2.47. The second kappa shape index (κ2) is 3.78. The molecule has 1 aliphatic carbocycles. The van der Waals surface area contributed by atoms with Gasteiger partial charge in [0, 0.05) is 17.5 Å². The summed E-state index contributed by atoms with van der Waals surface area (Å²) in [4.78, 5) is 12.1. The predicted octanol–water partition coefficient (Wildman–Crippen LogP) is 2.17. The molecule has 0 saturated heterocycles. The van der Waals surface area contributed by atoms with Crippen molar-refractivity contribution in [3.8, 4) is 0 Å². The van der Waals surface area contributed by atoms with Gasteiger partial charge in [0.15, 0.2) is 5.78 Å². The summed E-state index contributed by atoms with van der Waals surface area (Å²) in [5.74, 6) is 0.229. The molecule has 0 aromatic heterocycles. The van der Waals surface area contributed by atoms with Crippen molar-refractivity contribution in [2.75, 3.05) is 6.54 Å². The van der Waals surface area contributed by atoms with Gasteiger partial charge in [0.25, 0.3) is 0 Å². The fourth-order valence-corrected chi connectivity index (χ4v) is 1.87. The normalized spacial score (nSPS) is 17.5. The topological polar surface area (TPSA) is 43.1 Å². The van der Waals surface area contributed by atoms with Gasteiger partial charge in [-0.1, -0.05) is 31.2 Å². The molecule has 0 aliphatic heterocycles. The Morgan fingerprint density at radius 2 is 1.93 bits per heavy atom. The third-order valence-electron chi connectivity index (χ3n) is 3.35. The molecule has 0 amide bonds. The minimum atomic E-state index is -0.215. The monoisotopic (exact) mass is 203 g/mol. The number of benzene rings is 1. The summed E-state index contributed by atoms with van der Waals surface area (Å²) >= 11 is 0. The van der Waals surface area contributed by atoms with Crippen molar-refractivity contribution in [2.24, 2.45) is 11.1 Å². The van der Waals surface area contributed by atoms with E-state index < -0.39 is 0 Å². The Morgan fingerprint density at radius 3 is 2.33 bits per heavy atom. The van der Waals surface area contributed by atoms with E-state index >= 15 is 0 Å². The van der Waals surface area contributed by atoms with Gasteiger partial charge in [-0.25, -0.2) is 0 Å². The first-order valence-corrected chi connectivity index (χ1v) is 5.56. The number of nitrogens with two attached hydrogens (primary N) is 1. The fourth-order valence-electron chi connectivity index (χ4n) is 1.87. The number of ketones is 1. The molecule has 1 saturated carbocycles. The van der Waals surface area contributed by atoms with Gasteiger partial charge in [-0.2, -0.15) is 0 Å². The molecule has 1 fully saturated rings. The number of carbonyl (C=O) groups is 1. The molecule has 1 aromatic rings. The van der Waals surface area contributed by atoms with Crippen LogP contribution >= 0.6 is 0 Å². The first-order chi connectivity index (χ1) is 7.22. The number of hydrogen-bond donors (Lipinski definition) is 1. The van der Waals surface area contributed by atoms with Crippen LogP contribution in [0.5, 0.6) is 0 Å². The van der Waals surface area contributed by atoms with Crippen LogP contribution in [0.15, 0.2) is 24.3 Å². The van der Waals surface area contributed by atoms with Gasteiger partial charge in [0.2, 0.25) is 0 Å². The van der Waals surface area contributed by atoms with Crippen LogP contribution in [0.3, 0.4) is 0 Å². The smallest absolute Gasteiger partial charge is 0.170 e. The summed E-state index contributed by atoms with van der Waals surface area (Å²) in [5.41, 5.74) is 7.51. The van der Waals surface area contributed by atoms with Crippen molar-refractivity contribution in [3.05, 3.63) is 35.4 Å². The maximum Gasteiger partial charge on any atom is 0.170 e. The van der Waals surface area contributed by atoms with Gasteiger partial charge in [-0.05, 0) is 24.8 Å². The Morgan fingerprint density at radius 1 is 1.33 bits per heavy atom. The van der Waals surface area contributed by atoms with Crippen LogP contribution in [0.4, 0.5) is 0 Å². The van der Waals surface area contributed by atoms with E-state index in [4.69, 9.17) is 5.73 Å². The van der Waals surface area contributed by atoms with E-state index in [1.54, 1.807) is 0 Å². The molecule has 1 aromatic carbocycles. The molecule has 0 radical (unpaired) electrons. The first-order valence-electron chi connectivity index (χ1n) is 5.56. The third kappa shape index (κ3) is 1.82. The lowest BCUT2D eigenvalue weighted by Crippen LogP contribution is -2.25. The van der Waals surface area contributed by atoms with Crippen LogP contribution in [-0.4, -0.2) is 12.3 Å². The number of Topliss-reactive ketones (excluding diaryl/α,β-unsaturated/α-hetero) is 1. The van der Waals surface area contributed by atoms with Crippen LogP contribution in [0.2, 0.25) is 0 Å². The average molecular weight is 203 g/mol. The Bertz CT molecular complexity index is 363. The molecule has 2 heteroatoms. The summed E-state index contributed by atoms with van der Waals surface area (Å²) in [6.07, 6.45) is 2.92. The highest BCUT2D eigenvalue weighted by atomic mass is 16.1. The Kier molecular flexibility index (Phi) is 2.61. The largest absolute Gasteiger partial charge is 0.329 e. The summed E-state index contributed by atoms with van der Waals surface area (Å²) in [6, 6.07) is 7.91. The van der Waals surface area contributed by atoms with Crippen molar-refractivity contribution in [3.63, 3.8) is 0 Å². The minimum Gasteiger partial charge on any atom is -0.329 e. The van der Waals surface area contributed by atoms with E-state index in [0.29, 0.717) is 6.54 Å². The van der Waals surface area contributed by atoms with E-state index in [1.165, 1.54) is 5.56 Å². The molecule has 80 valence electrons. The summed E-state index contributed by atoms with van der Waals surface area (Å²) in [7, 11) is 0. The maximum atomic E-state index is 12.1. The fraction of sp³-hybridized carbons (Fsp3) is 0.462. The van der Waals surface area contributed by atoms with Crippen LogP contribution < -0.4 is 5.73 Å². The second-order valence-corrected chi connectivity index (χ2v) is 4.36. The molecule has 2 N–H and O–H groups in total. The van der Waals surface area contributed by atoms with Gasteiger partial charge in [0.1, 0.15) is 0 Å². The lowest BCUT2D eigenvalue weighted by Gasteiger charge is -2.10. The summed E-state index contributed by atoms with van der Waals surface area (Å²) < 4.78 is 0. The van der Waals surface area contributed by atoms with Crippen molar-refractivity contribution in [1.29, 1.82) is 0 Å². The van der Waals surface area contributed by atoms with Crippen molar-refractivity contribution in [1.82, 2.24) is 0 Å². The molecule has 15 heavy (non-hydrogen) atoms. The molecule has 0 bridgehead atoms. The zero-order chi connectivity index (χ0) is 10.9. The maximum absolute atomic E-state index is 12.1. The van der Waals surface area contributed by atoms with Gasteiger partial charge in [0.05, 0.1) is 0 Å². The zero-order valence-electron chi connectivity index (χ0n) is 9.12. The van der Waals surface area contributed by atoms with E-state index in [-0.39, 0.29) is 11.2 Å². The molecule has 0 unspecified atom stereocenters. The summed E-state index contributed by atoms with van der Waals surface area (Å²) in [6.45, 7) is 2.60. The summed E-state index contributed by atoms with van der Waals surface area (Å²) in [5, 5.41) is 0. The lowest BCUT2D eigenvalue weighted by molar-refractivity contribution is 0.0905. The predicted molar refractivity (Wildman–Crippen MR) is 60.9 cm³/mol. The van der Waals surface area contributed by atoms with E-state index in [1.807, 2.05) is 24.3 Å². The van der Waals surface area contributed by atoms with Gasteiger partial charge >= 0.3 is 0 Å². The number of rotatable bonds is 4. The zero-order valence-corrected chi connectivity index (χ0v) is 9.12. The number of aryl methyl sites for hydroxylation is 1. The molecule has 0 heterocycles. The molecule has 0 spiro atoms. The van der Waals surface area contributed by atoms with Gasteiger partial charge < -0.3 is 5.73 Å². The molecule has 1 aliphatic rings. The Hall–Kier alpha value is -1.15. The van der Waals surface area contributed by atoms with Crippen molar-refractivity contribution in [2.45, 2.75) is 26.2 Å². The standard InChI is InChI=1S/C13H17NO/c1-2-10-3-5-11(6-4-10)12(15)13(9-14)7-8-13/h3-6H,2,7-9,14H2,1H3. The van der Waals surface area contributed by atoms with Gasteiger partial charge in [-0.3, -0.25) is 4.79 Å². The molecule has 0 atom stereocenters. The van der Waals surface area contributed by atoms with Crippen molar-refractivity contribution < 1.29 is 4.79 Å². The Labute approximate surface area is 90.5 Å². The van der Waals surface area contributed by atoms with Crippen LogP contribution in [0.1, 0.15) is 35.7 Å². The average Bonchev–Trinajstić information content (AvgIpc) is 3.09. The molecular formula is C13H17NO. The Balaban J connectivity index is 2.19.